The lowest BCUT2D eigenvalue weighted by atomic mass is 9.87. The van der Waals surface area contributed by atoms with Crippen LogP contribution >= 0.6 is 11.6 Å². The van der Waals surface area contributed by atoms with E-state index in [0.29, 0.717) is 30.8 Å². The molecule has 0 bridgehead atoms. The van der Waals surface area contributed by atoms with Gasteiger partial charge in [-0.1, -0.05) is 80.0 Å². The van der Waals surface area contributed by atoms with Crippen LogP contribution < -0.4 is 21.9 Å². The van der Waals surface area contributed by atoms with Crippen LogP contribution in [-0.4, -0.2) is 27.8 Å². The van der Waals surface area contributed by atoms with Crippen molar-refractivity contribution in [3.05, 3.63) is 92.5 Å². The van der Waals surface area contributed by atoms with Crippen molar-refractivity contribution >= 4 is 29.2 Å². The van der Waals surface area contributed by atoms with E-state index in [1.165, 1.54) is 4.57 Å². The fraction of sp³-hybridized carbons (Fsp3) is 0.308. The van der Waals surface area contributed by atoms with Gasteiger partial charge in [-0.15, -0.1) is 0 Å². The van der Waals surface area contributed by atoms with Gasteiger partial charge in [0.25, 0.3) is 5.56 Å². The Labute approximate surface area is 209 Å². The van der Waals surface area contributed by atoms with Crippen LogP contribution in [0.4, 0.5) is 5.82 Å². The molecule has 0 saturated carbocycles. The van der Waals surface area contributed by atoms with Crippen molar-refractivity contribution < 1.29 is 4.79 Å². The average Bonchev–Trinajstić information content (AvgIpc) is 3.13. The highest BCUT2D eigenvalue weighted by Crippen LogP contribution is 2.42. The lowest BCUT2D eigenvalue weighted by Gasteiger charge is -2.19. The Bertz CT molecular complexity index is 1300. The number of fused-ring (bicyclic) bond motifs is 1. The van der Waals surface area contributed by atoms with E-state index in [9.17, 15) is 9.59 Å². The topological polar surface area (TPSA) is 126 Å². The first-order chi connectivity index (χ1) is 16.7. The number of nitrogens with zero attached hydrogens (tertiary/aromatic N) is 2. The summed E-state index contributed by atoms with van der Waals surface area (Å²) in [6, 6.07) is 16.3. The van der Waals surface area contributed by atoms with E-state index >= 15 is 0 Å². The second kappa shape index (κ2) is 9.92. The third-order valence-electron chi connectivity index (χ3n) is 6.31. The van der Waals surface area contributed by atoms with E-state index in [4.69, 9.17) is 22.7 Å². The summed E-state index contributed by atoms with van der Waals surface area (Å²) in [6.45, 7) is 4.72. The standard InChI is InChI=1S/C26H29ClN6O2/c1-26(2)14-19(24(34)31-15-17-8-10-18(11-9-17)22(28)29)33-20(26)21(27)32-23(25(33)35)30-13-12-16-6-4-3-5-7-16/h3-11,19H,12-15H2,1-2H3,(H3,28,29)(H,30,32)(H,31,34)/t19-/m0/s1. The van der Waals surface area contributed by atoms with E-state index < -0.39 is 11.5 Å². The third kappa shape index (κ3) is 5.22. The van der Waals surface area contributed by atoms with Gasteiger partial charge in [0, 0.05) is 24.1 Å². The molecule has 0 aliphatic carbocycles. The van der Waals surface area contributed by atoms with E-state index in [1.54, 1.807) is 12.1 Å². The number of nitrogens with one attached hydrogen (secondary N) is 3. The van der Waals surface area contributed by atoms with Crippen molar-refractivity contribution in [2.75, 3.05) is 11.9 Å². The summed E-state index contributed by atoms with van der Waals surface area (Å²) in [5.74, 6) is -0.125. The van der Waals surface area contributed by atoms with E-state index in [2.05, 4.69) is 15.6 Å². The zero-order valence-electron chi connectivity index (χ0n) is 19.8. The zero-order valence-corrected chi connectivity index (χ0v) is 20.5. The first kappa shape index (κ1) is 24.5. The fourth-order valence-electron chi connectivity index (χ4n) is 4.49. The summed E-state index contributed by atoms with van der Waals surface area (Å²) >= 11 is 6.54. The van der Waals surface area contributed by atoms with Crippen molar-refractivity contribution in [1.29, 1.82) is 5.41 Å². The van der Waals surface area contributed by atoms with Gasteiger partial charge in [0.15, 0.2) is 11.0 Å². The molecular weight excluding hydrogens is 464 g/mol. The molecule has 9 heteroatoms. The summed E-state index contributed by atoms with van der Waals surface area (Å²) < 4.78 is 1.49. The van der Waals surface area contributed by atoms with Crippen LogP contribution in [0.2, 0.25) is 5.15 Å². The smallest absolute Gasteiger partial charge is 0.294 e. The molecule has 3 aromatic rings. The second-order valence-electron chi connectivity index (χ2n) is 9.37. The molecule has 1 amide bonds. The molecule has 0 spiro atoms. The van der Waals surface area contributed by atoms with Crippen LogP contribution in [0.25, 0.3) is 0 Å². The number of hydrogen-bond donors (Lipinski definition) is 4. The van der Waals surface area contributed by atoms with E-state index in [0.717, 1.165) is 17.5 Å². The highest BCUT2D eigenvalue weighted by atomic mass is 35.5. The number of nitrogens with two attached hydrogens (primary N) is 1. The van der Waals surface area contributed by atoms with Crippen LogP contribution in [0.15, 0.2) is 59.4 Å². The highest BCUT2D eigenvalue weighted by Gasteiger charge is 2.43. The number of hydrogen-bond acceptors (Lipinski definition) is 5. The molecule has 8 nitrogen and oxygen atoms in total. The summed E-state index contributed by atoms with van der Waals surface area (Å²) in [5.41, 5.74) is 7.85. The van der Waals surface area contributed by atoms with Crippen molar-refractivity contribution in [3.8, 4) is 0 Å². The van der Waals surface area contributed by atoms with Crippen LogP contribution in [-0.2, 0) is 23.2 Å². The van der Waals surface area contributed by atoms with Gasteiger partial charge in [0.05, 0.1) is 5.69 Å². The fourth-order valence-corrected chi connectivity index (χ4v) is 4.92. The van der Waals surface area contributed by atoms with Gasteiger partial charge >= 0.3 is 0 Å². The number of carbonyl (C=O) groups excluding carboxylic acids is 1. The van der Waals surface area contributed by atoms with Gasteiger partial charge in [-0.3, -0.25) is 19.6 Å². The van der Waals surface area contributed by atoms with Crippen LogP contribution in [0.5, 0.6) is 0 Å². The molecule has 182 valence electrons. The zero-order chi connectivity index (χ0) is 25.2. The second-order valence-corrected chi connectivity index (χ2v) is 9.73. The summed E-state index contributed by atoms with van der Waals surface area (Å²) in [7, 11) is 0. The molecule has 0 unspecified atom stereocenters. The molecule has 1 aliphatic heterocycles. The quantitative estimate of drug-likeness (QED) is 0.283. The molecule has 1 aliphatic rings. The number of amides is 1. The van der Waals surface area contributed by atoms with Gasteiger partial charge in [-0.05, 0) is 24.0 Å². The monoisotopic (exact) mass is 492 g/mol. The summed E-state index contributed by atoms with van der Waals surface area (Å²) in [6.07, 6.45) is 1.16. The van der Waals surface area contributed by atoms with Gasteiger partial charge in [0.1, 0.15) is 11.9 Å². The van der Waals surface area contributed by atoms with Crippen molar-refractivity contribution in [2.45, 2.75) is 44.7 Å². The Morgan fingerprint density at radius 1 is 1.17 bits per heavy atom. The Balaban J connectivity index is 1.53. The summed E-state index contributed by atoms with van der Waals surface area (Å²) in [5, 5.41) is 13.8. The normalized spacial score (nSPS) is 15.9. The minimum atomic E-state index is -0.695. The molecule has 5 N–H and O–H groups in total. The van der Waals surface area contributed by atoms with Gasteiger partial charge in [-0.2, -0.15) is 0 Å². The number of carbonyl (C=O) groups is 1. The average molecular weight is 493 g/mol. The minimum Gasteiger partial charge on any atom is -0.384 e. The number of amidine groups is 1. The van der Waals surface area contributed by atoms with Crippen LogP contribution in [0.1, 0.15) is 48.7 Å². The largest absolute Gasteiger partial charge is 0.384 e. The first-order valence-corrected chi connectivity index (χ1v) is 11.9. The van der Waals surface area contributed by atoms with Crippen molar-refractivity contribution in [3.63, 3.8) is 0 Å². The van der Waals surface area contributed by atoms with E-state index in [1.807, 2.05) is 56.3 Å². The van der Waals surface area contributed by atoms with Gasteiger partial charge < -0.3 is 16.4 Å². The Hall–Kier alpha value is -3.65. The number of halogens is 1. The van der Waals surface area contributed by atoms with Gasteiger partial charge in [0.2, 0.25) is 5.91 Å². The maximum Gasteiger partial charge on any atom is 0.294 e. The van der Waals surface area contributed by atoms with E-state index in [-0.39, 0.29) is 28.3 Å². The number of rotatable bonds is 8. The Kier molecular flexibility index (Phi) is 6.93. The molecule has 2 heterocycles. The maximum absolute atomic E-state index is 13.4. The molecule has 1 aromatic heterocycles. The maximum atomic E-state index is 13.4. The SMILES string of the molecule is CC1(C)C[C@@H](C(=O)NCc2ccc(C(=N)N)cc2)n2c1c(Cl)nc(NCCc1ccccc1)c2=O. The Morgan fingerprint density at radius 3 is 2.51 bits per heavy atom. The lowest BCUT2D eigenvalue weighted by molar-refractivity contribution is -0.124. The minimum absolute atomic E-state index is 0.0107. The Morgan fingerprint density at radius 2 is 1.86 bits per heavy atom. The highest BCUT2D eigenvalue weighted by molar-refractivity contribution is 6.30. The molecule has 0 radical (unpaired) electrons. The van der Waals surface area contributed by atoms with Crippen molar-refractivity contribution in [1.82, 2.24) is 14.9 Å². The first-order valence-electron chi connectivity index (χ1n) is 11.5. The summed E-state index contributed by atoms with van der Waals surface area (Å²) in [4.78, 5) is 31.0. The van der Waals surface area contributed by atoms with Crippen LogP contribution in [0, 0.1) is 5.41 Å². The van der Waals surface area contributed by atoms with Crippen LogP contribution in [0.3, 0.4) is 0 Å². The molecule has 4 rings (SSSR count). The molecule has 2 aromatic carbocycles. The lowest BCUT2D eigenvalue weighted by Crippen LogP contribution is -2.36. The number of aromatic nitrogens is 2. The predicted molar refractivity (Wildman–Crippen MR) is 138 cm³/mol. The number of anilines is 1. The predicted octanol–water partition coefficient (Wildman–Crippen LogP) is 3.37. The molecule has 1 atom stereocenters. The molecule has 0 saturated heterocycles. The molecule has 0 fully saturated rings. The van der Waals surface area contributed by atoms with Crippen molar-refractivity contribution in [2.24, 2.45) is 5.73 Å². The number of benzene rings is 2. The molecule has 35 heavy (non-hydrogen) atoms. The van der Waals surface area contributed by atoms with Gasteiger partial charge in [-0.25, -0.2) is 4.98 Å². The third-order valence-corrected chi connectivity index (χ3v) is 6.57. The molecular formula is C26H29ClN6O2. The number of nitrogen functional groups attached to an aromatic ring is 1.